The summed E-state index contributed by atoms with van der Waals surface area (Å²) < 4.78 is 0. The molecule has 6 heteroatoms. The fraction of sp³-hybridized carbons (Fsp3) is 0.556. The third-order valence-electron chi connectivity index (χ3n) is 4.18. The minimum absolute atomic E-state index is 0.0278. The van der Waals surface area contributed by atoms with Crippen molar-refractivity contribution >= 4 is 17.5 Å². The maximum atomic E-state index is 12.1. The SMILES string of the molecule is CC(CC(=O)NC1CCCCCCC1)=NNC(=O)c1ccncc1. The maximum Gasteiger partial charge on any atom is 0.271 e. The molecule has 1 fully saturated rings. The number of carbonyl (C=O) groups excluding carboxylic acids is 2. The Morgan fingerprint density at radius 3 is 2.42 bits per heavy atom. The average Bonchev–Trinajstić information content (AvgIpc) is 2.56. The van der Waals surface area contributed by atoms with Crippen molar-refractivity contribution in [2.75, 3.05) is 0 Å². The van der Waals surface area contributed by atoms with E-state index >= 15 is 0 Å². The highest BCUT2D eigenvalue weighted by molar-refractivity contribution is 6.01. The highest BCUT2D eigenvalue weighted by Gasteiger charge is 2.14. The zero-order valence-electron chi connectivity index (χ0n) is 14.3. The lowest BCUT2D eigenvalue weighted by Crippen LogP contribution is -2.36. The lowest BCUT2D eigenvalue weighted by molar-refractivity contribution is -0.120. The van der Waals surface area contributed by atoms with Gasteiger partial charge in [0.1, 0.15) is 0 Å². The molecule has 1 aromatic heterocycles. The van der Waals surface area contributed by atoms with E-state index in [1.54, 1.807) is 31.5 Å². The van der Waals surface area contributed by atoms with Crippen LogP contribution in [0.15, 0.2) is 29.6 Å². The summed E-state index contributed by atoms with van der Waals surface area (Å²) in [6.07, 6.45) is 11.6. The number of hydrazone groups is 1. The van der Waals surface area contributed by atoms with Crippen LogP contribution >= 0.6 is 0 Å². The largest absolute Gasteiger partial charge is 0.353 e. The standard InChI is InChI=1S/C18H26N4O2/c1-14(21-22-18(24)15-9-11-19-12-10-15)13-17(23)20-16-7-5-3-2-4-6-8-16/h9-12,16H,2-8,13H2,1H3,(H,20,23)(H,22,24). The van der Waals surface area contributed by atoms with Crippen LogP contribution in [0.25, 0.3) is 0 Å². The number of rotatable bonds is 5. The van der Waals surface area contributed by atoms with Gasteiger partial charge in [-0.2, -0.15) is 5.10 Å². The predicted octanol–water partition coefficient (Wildman–Crippen LogP) is 2.81. The summed E-state index contributed by atoms with van der Waals surface area (Å²) in [6, 6.07) is 3.50. The van der Waals surface area contributed by atoms with E-state index in [9.17, 15) is 9.59 Å². The summed E-state index contributed by atoms with van der Waals surface area (Å²) in [5.41, 5.74) is 3.54. The monoisotopic (exact) mass is 330 g/mol. The quantitative estimate of drug-likeness (QED) is 0.643. The van der Waals surface area contributed by atoms with Crippen molar-refractivity contribution in [3.05, 3.63) is 30.1 Å². The van der Waals surface area contributed by atoms with E-state index < -0.39 is 0 Å². The summed E-state index contributed by atoms with van der Waals surface area (Å²) in [7, 11) is 0. The van der Waals surface area contributed by atoms with Gasteiger partial charge >= 0.3 is 0 Å². The zero-order chi connectivity index (χ0) is 17.2. The molecule has 1 aliphatic rings. The van der Waals surface area contributed by atoms with Crippen LogP contribution in [0.3, 0.4) is 0 Å². The van der Waals surface area contributed by atoms with Gasteiger partial charge < -0.3 is 5.32 Å². The summed E-state index contributed by atoms with van der Waals surface area (Å²) in [5, 5.41) is 7.10. The molecule has 1 aromatic rings. The van der Waals surface area contributed by atoms with E-state index in [1.165, 1.54) is 32.1 Å². The number of amides is 2. The van der Waals surface area contributed by atoms with Gasteiger partial charge in [0, 0.05) is 29.7 Å². The molecule has 0 radical (unpaired) electrons. The Morgan fingerprint density at radius 1 is 1.12 bits per heavy atom. The van der Waals surface area contributed by atoms with Gasteiger partial charge in [-0.3, -0.25) is 14.6 Å². The van der Waals surface area contributed by atoms with E-state index in [0.717, 1.165) is 12.8 Å². The molecule has 0 spiro atoms. The minimum Gasteiger partial charge on any atom is -0.353 e. The molecule has 0 saturated heterocycles. The zero-order valence-corrected chi connectivity index (χ0v) is 14.3. The third kappa shape index (κ3) is 6.48. The van der Waals surface area contributed by atoms with Crippen molar-refractivity contribution in [3.8, 4) is 0 Å². The van der Waals surface area contributed by atoms with E-state index in [1.807, 2.05) is 0 Å². The van der Waals surface area contributed by atoms with Crippen LogP contribution < -0.4 is 10.7 Å². The fourth-order valence-electron chi connectivity index (χ4n) is 2.87. The van der Waals surface area contributed by atoms with Crippen molar-refractivity contribution in [3.63, 3.8) is 0 Å². The van der Waals surface area contributed by atoms with E-state index in [4.69, 9.17) is 0 Å². The Morgan fingerprint density at radius 2 is 1.75 bits per heavy atom. The van der Waals surface area contributed by atoms with Gasteiger partial charge in [-0.05, 0) is 31.9 Å². The average molecular weight is 330 g/mol. The molecule has 1 saturated carbocycles. The van der Waals surface area contributed by atoms with E-state index in [-0.39, 0.29) is 24.3 Å². The number of aromatic nitrogens is 1. The summed E-state index contributed by atoms with van der Waals surface area (Å²) in [4.78, 5) is 27.9. The third-order valence-corrected chi connectivity index (χ3v) is 4.18. The lowest BCUT2D eigenvalue weighted by atomic mass is 9.96. The number of hydrogen-bond donors (Lipinski definition) is 2. The van der Waals surface area contributed by atoms with Crippen molar-refractivity contribution < 1.29 is 9.59 Å². The van der Waals surface area contributed by atoms with Crippen LogP contribution in [0.5, 0.6) is 0 Å². The van der Waals surface area contributed by atoms with Crippen LogP contribution in [0, 0.1) is 0 Å². The molecule has 2 N–H and O–H groups in total. The van der Waals surface area contributed by atoms with Crippen molar-refractivity contribution in [1.82, 2.24) is 15.7 Å². The molecule has 2 amide bonds. The molecular formula is C18H26N4O2. The first-order valence-electron chi connectivity index (χ1n) is 8.68. The molecule has 0 bridgehead atoms. The first-order valence-corrected chi connectivity index (χ1v) is 8.68. The Kier molecular flexibility index (Phi) is 7.39. The number of hydrogen-bond acceptors (Lipinski definition) is 4. The van der Waals surface area contributed by atoms with Crippen LogP contribution in [0.2, 0.25) is 0 Å². The molecule has 1 heterocycles. The van der Waals surface area contributed by atoms with Crippen LogP contribution in [0.4, 0.5) is 0 Å². The predicted molar refractivity (Wildman–Crippen MR) is 93.7 cm³/mol. The first-order chi connectivity index (χ1) is 11.6. The number of nitrogens with one attached hydrogen (secondary N) is 2. The van der Waals surface area contributed by atoms with Gasteiger partial charge in [0.25, 0.3) is 5.91 Å². The van der Waals surface area contributed by atoms with Gasteiger partial charge in [0.05, 0.1) is 6.42 Å². The van der Waals surface area contributed by atoms with Crippen LogP contribution in [-0.4, -0.2) is 28.6 Å². The Labute approximate surface area is 143 Å². The van der Waals surface area contributed by atoms with Gasteiger partial charge in [-0.15, -0.1) is 0 Å². The molecule has 0 atom stereocenters. The second-order valence-corrected chi connectivity index (χ2v) is 6.31. The smallest absolute Gasteiger partial charge is 0.271 e. The van der Waals surface area contributed by atoms with Crippen molar-refractivity contribution in [2.24, 2.45) is 5.10 Å². The summed E-state index contributed by atoms with van der Waals surface area (Å²) in [6.45, 7) is 1.74. The van der Waals surface area contributed by atoms with E-state index in [0.29, 0.717) is 11.3 Å². The van der Waals surface area contributed by atoms with Gasteiger partial charge in [0.15, 0.2) is 0 Å². The van der Waals surface area contributed by atoms with Gasteiger partial charge in [-0.1, -0.05) is 32.1 Å². The molecule has 24 heavy (non-hydrogen) atoms. The number of nitrogens with zero attached hydrogens (tertiary/aromatic N) is 2. The molecule has 6 nitrogen and oxygen atoms in total. The Bertz CT molecular complexity index is 564. The normalized spacial score (nSPS) is 16.8. The Hall–Kier alpha value is -2.24. The minimum atomic E-state index is -0.308. The second-order valence-electron chi connectivity index (χ2n) is 6.31. The highest BCUT2D eigenvalue weighted by atomic mass is 16.2. The maximum absolute atomic E-state index is 12.1. The molecule has 0 unspecified atom stereocenters. The molecule has 0 aromatic carbocycles. The van der Waals surface area contributed by atoms with Gasteiger partial charge in [0.2, 0.25) is 5.91 Å². The summed E-state index contributed by atoms with van der Waals surface area (Å²) in [5.74, 6) is -0.336. The topological polar surface area (TPSA) is 83.5 Å². The number of pyridine rings is 1. The fourth-order valence-corrected chi connectivity index (χ4v) is 2.87. The van der Waals surface area contributed by atoms with E-state index in [2.05, 4.69) is 20.8 Å². The van der Waals surface area contributed by atoms with Crippen LogP contribution in [0.1, 0.15) is 68.6 Å². The Balaban J connectivity index is 1.76. The molecule has 2 rings (SSSR count). The van der Waals surface area contributed by atoms with Crippen LogP contribution in [-0.2, 0) is 4.79 Å². The number of carbonyl (C=O) groups is 2. The molecule has 1 aliphatic carbocycles. The summed E-state index contributed by atoms with van der Waals surface area (Å²) >= 11 is 0. The first kappa shape index (κ1) is 18.1. The van der Waals surface area contributed by atoms with Crippen molar-refractivity contribution in [1.29, 1.82) is 0 Å². The second kappa shape index (κ2) is 9.80. The van der Waals surface area contributed by atoms with Gasteiger partial charge in [-0.25, -0.2) is 5.43 Å². The molecule has 0 aliphatic heterocycles. The lowest BCUT2D eigenvalue weighted by Gasteiger charge is -2.21. The van der Waals surface area contributed by atoms with Crippen molar-refractivity contribution in [2.45, 2.75) is 64.3 Å². The molecular weight excluding hydrogens is 304 g/mol. The highest BCUT2D eigenvalue weighted by Crippen LogP contribution is 2.17. The molecule has 130 valence electrons.